The molecule has 4 atom stereocenters. The van der Waals surface area contributed by atoms with Crippen LogP contribution in [-0.2, 0) is 16.1 Å². The Morgan fingerprint density at radius 2 is 1.88 bits per heavy atom. The van der Waals surface area contributed by atoms with Crippen molar-refractivity contribution in [3.05, 3.63) is 93.5 Å². The highest BCUT2D eigenvalue weighted by Crippen LogP contribution is 2.48. The third-order valence-corrected chi connectivity index (χ3v) is 9.17. The van der Waals surface area contributed by atoms with Crippen molar-refractivity contribution < 1.29 is 24.9 Å². The molecular formula is C33H36N2O5S. The fourth-order valence-corrected chi connectivity index (χ4v) is 6.99. The Hall–Kier alpha value is -3.59. The minimum absolute atomic E-state index is 0.0379. The molecule has 1 fully saturated rings. The van der Waals surface area contributed by atoms with E-state index in [0.29, 0.717) is 30.4 Å². The lowest BCUT2D eigenvalue weighted by atomic mass is 9.66. The molecule has 0 spiro atoms. The van der Waals surface area contributed by atoms with Crippen LogP contribution < -0.4 is 0 Å². The molecule has 41 heavy (non-hydrogen) atoms. The number of likely N-dealkylation sites (tertiary alicyclic amines) is 1. The van der Waals surface area contributed by atoms with Crippen molar-refractivity contribution in [1.29, 1.82) is 0 Å². The molecule has 2 aromatic heterocycles. The highest BCUT2D eigenvalue weighted by atomic mass is 32.1. The number of phenols is 1. The van der Waals surface area contributed by atoms with E-state index in [-0.39, 0.29) is 36.6 Å². The fourth-order valence-electron chi connectivity index (χ4n) is 6.30. The summed E-state index contributed by atoms with van der Waals surface area (Å²) in [7, 11) is 0. The molecule has 0 radical (unpaired) electrons. The number of imide groups is 1. The van der Waals surface area contributed by atoms with Crippen molar-refractivity contribution in [3.63, 3.8) is 0 Å². The molecule has 0 bridgehead atoms. The zero-order valence-electron chi connectivity index (χ0n) is 23.3. The van der Waals surface area contributed by atoms with Crippen LogP contribution in [0.15, 0.2) is 77.3 Å². The largest absolute Gasteiger partial charge is 0.507 e. The number of nitrogens with zero attached hydrogens (tertiary/aromatic N) is 2. The van der Waals surface area contributed by atoms with Gasteiger partial charge in [-0.05, 0) is 72.0 Å². The molecule has 7 nitrogen and oxygen atoms in total. The number of aliphatic hydroxyl groups is 2. The number of thiophene rings is 1. The average Bonchev–Trinajstić information content (AvgIpc) is 3.58. The van der Waals surface area contributed by atoms with Crippen molar-refractivity contribution in [1.82, 2.24) is 9.88 Å². The second kappa shape index (κ2) is 12.5. The summed E-state index contributed by atoms with van der Waals surface area (Å²) in [5, 5.41) is 34.6. The number of para-hydroxylation sites is 1. The SMILES string of the molecule is CC(C)C1=C([C@H](O)CC/C(=C/c2ccccc2O)c2ccccn2)[C@H](CO)[C@@H]2C(=O)N(Cc3cccs3)C(=O)[C@@H]2C1. The van der Waals surface area contributed by atoms with Gasteiger partial charge in [-0.2, -0.15) is 0 Å². The number of aliphatic hydroxyl groups excluding tert-OH is 2. The van der Waals surface area contributed by atoms with Gasteiger partial charge >= 0.3 is 0 Å². The molecule has 5 rings (SSSR count). The molecule has 2 aliphatic rings. The highest BCUT2D eigenvalue weighted by Gasteiger charge is 2.55. The summed E-state index contributed by atoms with van der Waals surface area (Å²) < 4.78 is 0. The molecule has 214 valence electrons. The summed E-state index contributed by atoms with van der Waals surface area (Å²) in [6, 6.07) is 16.5. The van der Waals surface area contributed by atoms with Gasteiger partial charge in [0.25, 0.3) is 0 Å². The Bertz CT molecular complexity index is 1450. The summed E-state index contributed by atoms with van der Waals surface area (Å²) in [5.74, 6) is -2.12. The Morgan fingerprint density at radius 1 is 1.10 bits per heavy atom. The lowest BCUT2D eigenvalue weighted by molar-refractivity contribution is -0.140. The number of rotatable bonds is 10. The van der Waals surface area contributed by atoms with E-state index >= 15 is 0 Å². The minimum atomic E-state index is -0.920. The molecule has 1 saturated heterocycles. The van der Waals surface area contributed by atoms with Crippen molar-refractivity contribution in [3.8, 4) is 5.75 Å². The van der Waals surface area contributed by atoms with Crippen molar-refractivity contribution in [2.24, 2.45) is 23.7 Å². The monoisotopic (exact) mass is 572 g/mol. The summed E-state index contributed by atoms with van der Waals surface area (Å²) in [4.78, 5) is 33.9. The van der Waals surface area contributed by atoms with Crippen LogP contribution in [0.4, 0.5) is 0 Å². The molecule has 3 aromatic rings. The first-order valence-electron chi connectivity index (χ1n) is 14.1. The Balaban J connectivity index is 1.43. The average molecular weight is 573 g/mol. The van der Waals surface area contributed by atoms with Gasteiger partial charge in [-0.25, -0.2) is 0 Å². The van der Waals surface area contributed by atoms with Gasteiger partial charge in [0, 0.05) is 22.6 Å². The maximum Gasteiger partial charge on any atom is 0.234 e. The first-order chi connectivity index (χ1) is 19.8. The van der Waals surface area contributed by atoms with Gasteiger partial charge in [-0.1, -0.05) is 49.8 Å². The molecule has 0 unspecified atom stereocenters. The Morgan fingerprint density at radius 3 is 2.54 bits per heavy atom. The van der Waals surface area contributed by atoms with Gasteiger partial charge in [0.2, 0.25) is 11.8 Å². The van der Waals surface area contributed by atoms with Crippen LogP contribution in [0.1, 0.15) is 49.2 Å². The van der Waals surface area contributed by atoms with Gasteiger partial charge < -0.3 is 15.3 Å². The number of hydrogen-bond donors (Lipinski definition) is 3. The van der Waals surface area contributed by atoms with E-state index in [9.17, 15) is 24.9 Å². The predicted octanol–water partition coefficient (Wildman–Crippen LogP) is 5.30. The quantitative estimate of drug-likeness (QED) is 0.225. The maximum atomic E-state index is 13.6. The zero-order valence-corrected chi connectivity index (χ0v) is 24.1. The number of benzene rings is 1. The van der Waals surface area contributed by atoms with E-state index in [0.717, 1.165) is 21.7 Å². The molecule has 3 N–H and O–H groups in total. The standard InChI is InChI=1S/C33H36N2O5S/c1-20(2)24-17-25-31(33(40)35(32(25)39)18-23-9-7-15-41-23)26(19-36)30(24)29(38)13-12-21(27-10-5-6-14-34-27)16-22-8-3-4-11-28(22)37/h3-11,14-16,20,25-26,29,31,36-38H,12-13,17-19H2,1-2H3/b21-16-/t25-,26+,29-,31-/m1/s1. The zero-order chi connectivity index (χ0) is 29.1. The summed E-state index contributed by atoms with van der Waals surface area (Å²) in [6.07, 6.45) is 3.84. The van der Waals surface area contributed by atoms with Crippen molar-refractivity contribution in [2.45, 2.75) is 45.8 Å². The van der Waals surface area contributed by atoms with E-state index in [2.05, 4.69) is 4.98 Å². The summed E-state index contributed by atoms with van der Waals surface area (Å²) >= 11 is 1.50. The number of carbonyl (C=O) groups excluding carboxylic acids is 2. The van der Waals surface area contributed by atoms with Crippen LogP contribution in [0.25, 0.3) is 11.6 Å². The topological polar surface area (TPSA) is 111 Å². The molecule has 1 aliphatic heterocycles. The van der Waals surface area contributed by atoms with Gasteiger partial charge in [0.05, 0.1) is 36.8 Å². The van der Waals surface area contributed by atoms with E-state index in [1.165, 1.54) is 16.2 Å². The van der Waals surface area contributed by atoms with Crippen LogP contribution in [0, 0.1) is 23.7 Å². The second-order valence-corrected chi connectivity index (χ2v) is 12.1. The Kier molecular flexibility index (Phi) is 8.82. The van der Waals surface area contributed by atoms with Crippen molar-refractivity contribution >= 4 is 34.8 Å². The number of aromatic hydroxyl groups is 1. The molecule has 2 amide bonds. The lowest BCUT2D eigenvalue weighted by Gasteiger charge is -2.38. The third-order valence-electron chi connectivity index (χ3n) is 8.31. The Labute approximate surface area is 244 Å². The number of hydrogen-bond acceptors (Lipinski definition) is 7. The third kappa shape index (κ3) is 5.91. The first-order valence-corrected chi connectivity index (χ1v) is 15.0. The van der Waals surface area contributed by atoms with E-state index < -0.39 is 23.9 Å². The number of amides is 2. The van der Waals surface area contributed by atoms with E-state index in [1.54, 1.807) is 18.3 Å². The minimum Gasteiger partial charge on any atom is -0.507 e. The molecule has 0 saturated carbocycles. The number of phenolic OH excluding ortho intramolecular Hbond substituents is 1. The molecule has 1 aliphatic carbocycles. The lowest BCUT2D eigenvalue weighted by Crippen LogP contribution is -2.39. The highest BCUT2D eigenvalue weighted by molar-refractivity contribution is 7.09. The second-order valence-electron chi connectivity index (χ2n) is 11.1. The number of aromatic nitrogens is 1. The smallest absolute Gasteiger partial charge is 0.234 e. The van der Waals surface area contributed by atoms with Gasteiger partial charge in [0.15, 0.2) is 0 Å². The number of allylic oxidation sites excluding steroid dienone is 2. The summed E-state index contributed by atoms with van der Waals surface area (Å²) in [5.41, 5.74) is 3.87. The molecule has 1 aromatic carbocycles. The maximum absolute atomic E-state index is 13.6. The van der Waals surface area contributed by atoms with E-state index in [4.69, 9.17) is 0 Å². The first kappa shape index (κ1) is 28.9. The van der Waals surface area contributed by atoms with Crippen LogP contribution in [0.2, 0.25) is 0 Å². The van der Waals surface area contributed by atoms with Crippen LogP contribution in [-0.4, -0.2) is 49.7 Å². The molecule has 8 heteroatoms. The normalized spacial score (nSPS) is 22.0. The number of pyridine rings is 1. The number of carbonyl (C=O) groups is 2. The molecule has 3 heterocycles. The summed E-state index contributed by atoms with van der Waals surface area (Å²) in [6.45, 7) is 3.97. The van der Waals surface area contributed by atoms with Crippen molar-refractivity contribution in [2.75, 3.05) is 6.61 Å². The van der Waals surface area contributed by atoms with Crippen LogP contribution in [0.5, 0.6) is 5.75 Å². The fraction of sp³-hybridized carbons (Fsp3) is 0.364. The van der Waals surface area contributed by atoms with Crippen LogP contribution in [0.3, 0.4) is 0 Å². The molecular weight excluding hydrogens is 536 g/mol. The van der Waals surface area contributed by atoms with E-state index in [1.807, 2.05) is 67.8 Å². The predicted molar refractivity (Wildman–Crippen MR) is 159 cm³/mol. The van der Waals surface area contributed by atoms with Crippen LogP contribution >= 0.6 is 11.3 Å². The van der Waals surface area contributed by atoms with Gasteiger partial charge in [-0.3, -0.25) is 19.5 Å². The van der Waals surface area contributed by atoms with Gasteiger partial charge in [0.1, 0.15) is 5.75 Å². The number of fused-ring (bicyclic) bond motifs is 1. The van der Waals surface area contributed by atoms with Gasteiger partial charge in [-0.15, -0.1) is 11.3 Å².